The Morgan fingerprint density at radius 2 is 1.56 bits per heavy atom. The number of carbonyl (C=O) groups excluding carboxylic acids is 4. The zero-order valence-corrected chi connectivity index (χ0v) is 18.2. The molecule has 2 aliphatic heterocycles. The van der Waals surface area contributed by atoms with Gasteiger partial charge in [0.1, 0.15) is 13.2 Å². The molecule has 34 heavy (non-hydrogen) atoms. The number of carbonyl (C=O) groups is 4. The van der Waals surface area contributed by atoms with Crippen LogP contribution in [0.5, 0.6) is 11.5 Å². The summed E-state index contributed by atoms with van der Waals surface area (Å²) < 4.78 is 16.0. The van der Waals surface area contributed by atoms with E-state index in [0.717, 1.165) is 10.3 Å². The van der Waals surface area contributed by atoms with Crippen LogP contribution < -0.4 is 9.47 Å². The van der Waals surface area contributed by atoms with E-state index in [9.17, 15) is 19.2 Å². The summed E-state index contributed by atoms with van der Waals surface area (Å²) in [4.78, 5) is 51.5. The van der Waals surface area contributed by atoms with Gasteiger partial charge in [0, 0.05) is 35.0 Å². The predicted octanol–water partition coefficient (Wildman–Crippen LogP) is 3.41. The lowest BCUT2D eigenvalue weighted by Crippen LogP contribution is -2.41. The Bertz CT molecular complexity index is 1280. The topological polar surface area (TPSA) is 99.2 Å². The molecule has 5 rings (SSSR count). The SMILES string of the molecule is O=C(CCCN1C(=O)c2cccc3cccc(c23)C1=O)OCC(=O)c1ccc2c(c1)OCCO2. The van der Waals surface area contributed by atoms with Crippen LogP contribution in [0.2, 0.25) is 0 Å². The van der Waals surface area contributed by atoms with Crippen LogP contribution in [0.4, 0.5) is 0 Å². The zero-order valence-electron chi connectivity index (χ0n) is 18.2. The molecule has 0 aromatic heterocycles. The van der Waals surface area contributed by atoms with Crippen molar-refractivity contribution in [1.82, 2.24) is 4.90 Å². The van der Waals surface area contributed by atoms with Gasteiger partial charge in [-0.25, -0.2) is 0 Å². The lowest BCUT2D eigenvalue weighted by atomic mass is 9.94. The molecule has 3 aromatic carbocycles. The van der Waals surface area contributed by atoms with Gasteiger partial charge in [-0.15, -0.1) is 0 Å². The van der Waals surface area contributed by atoms with Crippen LogP contribution in [0.3, 0.4) is 0 Å². The monoisotopic (exact) mass is 459 g/mol. The number of fused-ring (bicyclic) bond motifs is 1. The summed E-state index contributed by atoms with van der Waals surface area (Å²) in [6.07, 6.45) is 0.198. The fourth-order valence-electron chi connectivity index (χ4n) is 4.18. The summed E-state index contributed by atoms with van der Waals surface area (Å²) in [6, 6.07) is 15.5. The number of nitrogens with zero attached hydrogens (tertiary/aromatic N) is 1. The van der Waals surface area contributed by atoms with Gasteiger partial charge in [-0.1, -0.05) is 24.3 Å². The van der Waals surface area contributed by atoms with Crippen molar-refractivity contribution in [2.24, 2.45) is 0 Å². The minimum Gasteiger partial charge on any atom is -0.486 e. The van der Waals surface area contributed by atoms with E-state index in [4.69, 9.17) is 14.2 Å². The number of benzene rings is 3. The summed E-state index contributed by atoms with van der Waals surface area (Å²) in [7, 11) is 0. The molecule has 0 atom stereocenters. The minimum atomic E-state index is -0.578. The van der Waals surface area contributed by atoms with Crippen LogP contribution in [-0.2, 0) is 9.53 Å². The number of Topliss-reactive ketones (excluding diaryl/α,β-unsaturated/α-hetero) is 1. The first kappa shape index (κ1) is 21.6. The molecule has 0 spiro atoms. The number of hydrogen-bond acceptors (Lipinski definition) is 7. The van der Waals surface area contributed by atoms with Gasteiger partial charge >= 0.3 is 5.97 Å². The highest BCUT2D eigenvalue weighted by molar-refractivity contribution is 6.25. The van der Waals surface area contributed by atoms with Crippen LogP contribution in [0.15, 0.2) is 54.6 Å². The number of ketones is 1. The van der Waals surface area contributed by atoms with E-state index >= 15 is 0 Å². The van der Waals surface area contributed by atoms with Gasteiger partial charge in [0.2, 0.25) is 0 Å². The number of rotatable bonds is 7. The predicted molar refractivity (Wildman–Crippen MR) is 121 cm³/mol. The van der Waals surface area contributed by atoms with Crippen LogP contribution >= 0.6 is 0 Å². The number of amides is 2. The van der Waals surface area contributed by atoms with E-state index in [2.05, 4.69) is 0 Å². The van der Waals surface area contributed by atoms with Crippen molar-refractivity contribution in [3.8, 4) is 11.5 Å². The van der Waals surface area contributed by atoms with E-state index in [1.807, 2.05) is 12.1 Å². The fourth-order valence-corrected chi connectivity index (χ4v) is 4.18. The molecule has 3 aromatic rings. The lowest BCUT2D eigenvalue weighted by Gasteiger charge is -2.27. The van der Waals surface area contributed by atoms with Crippen molar-refractivity contribution in [1.29, 1.82) is 0 Å². The first-order valence-electron chi connectivity index (χ1n) is 11.0. The second-order valence-corrected chi connectivity index (χ2v) is 8.02. The summed E-state index contributed by atoms with van der Waals surface area (Å²) in [5.41, 5.74) is 1.30. The Kier molecular flexibility index (Phi) is 5.71. The molecule has 2 amide bonds. The normalized spacial score (nSPS) is 14.3. The van der Waals surface area contributed by atoms with Crippen molar-refractivity contribution in [2.75, 3.05) is 26.4 Å². The Morgan fingerprint density at radius 3 is 2.26 bits per heavy atom. The Hall–Kier alpha value is -4.20. The second kappa shape index (κ2) is 8.97. The van der Waals surface area contributed by atoms with Gasteiger partial charge in [0.25, 0.3) is 11.8 Å². The average Bonchev–Trinajstić information content (AvgIpc) is 2.87. The number of ether oxygens (including phenoxy) is 3. The van der Waals surface area contributed by atoms with Gasteiger partial charge in [-0.2, -0.15) is 0 Å². The molecular weight excluding hydrogens is 438 g/mol. The highest BCUT2D eigenvalue weighted by Crippen LogP contribution is 2.31. The van der Waals surface area contributed by atoms with Crippen LogP contribution in [-0.4, -0.2) is 54.8 Å². The van der Waals surface area contributed by atoms with Crippen molar-refractivity contribution in [3.05, 3.63) is 71.3 Å². The highest BCUT2D eigenvalue weighted by Gasteiger charge is 2.32. The zero-order chi connectivity index (χ0) is 23.7. The third kappa shape index (κ3) is 3.98. The molecule has 0 fully saturated rings. The van der Waals surface area contributed by atoms with Crippen LogP contribution in [0.1, 0.15) is 43.9 Å². The largest absolute Gasteiger partial charge is 0.486 e. The van der Waals surface area contributed by atoms with Gasteiger partial charge in [-0.3, -0.25) is 24.1 Å². The van der Waals surface area contributed by atoms with Gasteiger partial charge < -0.3 is 14.2 Å². The van der Waals surface area contributed by atoms with Crippen molar-refractivity contribution >= 4 is 34.3 Å². The van der Waals surface area contributed by atoms with Crippen molar-refractivity contribution < 1.29 is 33.4 Å². The highest BCUT2D eigenvalue weighted by atomic mass is 16.6. The number of imide groups is 1. The lowest BCUT2D eigenvalue weighted by molar-refractivity contribution is -0.142. The van der Waals surface area contributed by atoms with E-state index < -0.39 is 12.6 Å². The molecule has 0 saturated carbocycles. The minimum absolute atomic E-state index is 0.0304. The van der Waals surface area contributed by atoms with E-state index in [1.54, 1.807) is 42.5 Å². The molecule has 172 valence electrons. The summed E-state index contributed by atoms with van der Waals surface area (Å²) >= 11 is 0. The Balaban J connectivity index is 1.15. The van der Waals surface area contributed by atoms with Gasteiger partial charge in [0.15, 0.2) is 23.9 Å². The van der Waals surface area contributed by atoms with Crippen LogP contribution in [0, 0.1) is 0 Å². The molecule has 2 heterocycles. The Labute approximate surface area is 195 Å². The first-order chi connectivity index (χ1) is 16.5. The summed E-state index contributed by atoms with van der Waals surface area (Å²) in [5.74, 6) is -0.647. The molecule has 0 unspecified atom stereocenters. The molecule has 8 heteroatoms. The van der Waals surface area contributed by atoms with Crippen molar-refractivity contribution in [2.45, 2.75) is 12.8 Å². The van der Waals surface area contributed by atoms with Crippen molar-refractivity contribution in [3.63, 3.8) is 0 Å². The maximum absolute atomic E-state index is 12.9. The molecule has 8 nitrogen and oxygen atoms in total. The van der Waals surface area contributed by atoms with E-state index in [-0.39, 0.29) is 37.0 Å². The van der Waals surface area contributed by atoms with Crippen LogP contribution in [0.25, 0.3) is 10.8 Å². The molecule has 0 N–H and O–H groups in total. The molecular formula is C26H21NO7. The van der Waals surface area contributed by atoms with Gasteiger partial charge in [-0.05, 0) is 42.1 Å². The molecule has 0 bridgehead atoms. The summed E-state index contributed by atoms with van der Waals surface area (Å²) in [5, 5.41) is 1.50. The maximum atomic E-state index is 12.9. The first-order valence-corrected chi connectivity index (χ1v) is 11.0. The molecule has 0 saturated heterocycles. The number of hydrogen-bond donors (Lipinski definition) is 0. The third-order valence-electron chi connectivity index (χ3n) is 5.85. The molecule has 2 aliphatic rings. The second-order valence-electron chi connectivity index (χ2n) is 8.02. The van der Waals surface area contributed by atoms with E-state index in [0.29, 0.717) is 46.8 Å². The summed E-state index contributed by atoms with van der Waals surface area (Å²) in [6.45, 7) is 0.528. The Morgan fingerprint density at radius 1 is 0.882 bits per heavy atom. The maximum Gasteiger partial charge on any atom is 0.306 e. The van der Waals surface area contributed by atoms with E-state index in [1.165, 1.54) is 0 Å². The average molecular weight is 459 g/mol. The van der Waals surface area contributed by atoms with Gasteiger partial charge in [0.05, 0.1) is 0 Å². The molecule has 0 aliphatic carbocycles. The smallest absolute Gasteiger partial charge is 0.306 e. The standard InChI is InChI=1S/C26H21NO7/c28-20(17-9-10-21-22(14-17)33-13-12-32-21)15-34-23(29)8-3-11-27-25(30)18-6-1-4-16-5-2-7-19(24(16)18)26(27)31/h1-2,4-7,9-10,14H,3,8,11-13,15H2. The third-order valence-corrected chi connectivity index (χ3v) is 5.85. The fraction of sp³-hybridized carbons (Fsp3) is 0.231. The number of esters is 1. The molecule has 0 radical (unpaired) electrons. The quantitative estimate of drug-likeness (QED) is 0.303.